The Kier molecular flexibility index (Phi) is 2.60. The molecule has 78 valence electrons. The van der Waals surface area contributed by atoms with E-state index in [1.54, 1.807) is 0 Å². The molecule has 0 aliphatic heterocycles. The van der Waals surface area contributed by atoms with Crippen molar-refractivity contribution in [3.05, 3.63) is 29.8 Å². The van der Waals surface area contributed by atoms with Crippen molar-refractivity contribution in [1.29, 1.82) is 0 Å². The smallest absolute Gasteiger partial charge is 0.182 e. The minimum Gasteiger partial charge on any atom is -0.389 e. The monoisotopic (exact) mass is 219 g/mol. The number of aromatic nitrogens is 1. The minimum atomic E-state index is 0.516. The molecule has 3 nitrogen and oxygen atoms in total. The molecule has 0 fully saturated rings. The number of thiazole rings is 1. The predicted molar refractivity (Wildman–Crippen MR) is 65.8 cm³/mol. The van der Waals surface area contributed by atoms with Crippen molar-refractivity contribution in [2.75, 3.05) is 11.5 Å². The first-order valence-corrected chi connectivity index (χ1v) is 5.63. The van der Waals surface area contributed by atoms with E-state index in [0.29, 0.717) is 10.1 Å². The Morgan fingerprint density at radius 2 is 1.87 bits per heavy atom. The first-order valence-electron chi connectivity index (χ1n) is 4.81. The summed E-state index contributed by atoms with van der Waals surface area (Å²) in [5.41, 5.74) is 14.5. The third-order valence-corrected chi connectivity index (χ3v) is 3.02. The van der Waals surface area contributed by atoms with Crippen LogP contribution in [0.2, 0.25) is 0 Å². The zero-order chi connectivity index (χ0) is 10.8. The quantitative estimate of drug-likeness (QED) is 0.815. The lowest BCUT2D eigenvalue weighted by molar-refractivity contribution is 1.14. The topological polar surface area (TPSA) is 64.9 Å². The number of benzene rings is 1. The van der Waals surface area contributed by atoms with Gasteiger partial charge in [0.25, 0.3) is 0 Å². The number of aryl methyl sites for hydroxylation is 1. The fraction of sp³-hybridized carbons (Fsp3) is 0.182. The van der Waals surface area contributed by atoms with Crippen LogP contribution in [0.25, 0.3) is 11.3 Å². The van der Waals surface area contributed by atoms with Crippen molar-refractivity contribution in [1.82, 2.24) is 4.98 Å². The molecule has 0 saturated heterocycles. The maximum atomic E-state index is 5.82. The molecule has 0 radical (unpaired) electrons. The van der Waals surface area contributed by atoms with Crippen molar-refractivity contribution in [3.8, 4) is 11.3 Å². The lowest BCUT2D eigenvalue weighted by atomic mass is 10.1. The second-order valence-corrected chi connectivity index (χ2v) is 4.38. The van der Waals surface area contributed by atoms with Crippen molar-refractivity contribution >= 4 is 21.5 Å². The van der Waals surface area contributed by atoms with Crippen LogP contribution in [0.5, 0.6) is 0 Å². The molecule has 1 heterocycles. The van der Waals surface area contributed by atoms with Crippen LogP contribution in [0.3, 0.4) is 0 Å². The molecule has 0 saturated carbocycles. The maximum Gasteiger partial charge on any atom is 0.182 e. The van der Waals surface area contributed by atoms with E-state index in [0.717, 1.165) is 17.7 Å². The Morgan fingerprint density at radius 1 is 1.20 bits per heavy atom. The molecule has 4 N–H and O–H groups in total. The number of hydrogen-bond acceptors (Lipinski definition) is 4. The molecule has 0 aliphatic carbocycles. The lowest BCUT2D eigenvalue weighted by Gasteiger charge is -2.00. The van der Waals surface area contributed by atoms with Crippen LogP contribution in [0.15, 0.2) is 24.3 Å². The normalized spacial score (nSPS) is 10.5. The van der Waals surface area contributed by atoms with Crippen LogP contribution in [-0.4, -0.2) is 4.98 Å². The first kappa shape index (κ1) is 9.98. The summed E-state index contributed by atoms with van der Waals surface area (Å²) in [7, 11) is 0. The Labute approximate surface area is 92.8 Å². The number of nitrogens with zero attached hydrogens (tertiary/aromatic N) is 1. The van der Waals surface area contributed by atoms with Gasteiger partial charge in [-0.05, 0) is 12.0 Å². The van der Waals surface area contributed by atoms with Gasteiger partial charge >= 0.3 is 0 Å². The summed E-state index contributed by atoms with van der Waals surface area (Å²) in [5, 5.41) is 1.19. The molecule has 0 unspecified atom stereocenters. The van der Waals surface area contributed by atoms with Gasteiger partial charge in [-0.25, -0.2) is 4.98 Å². The van der Waals surface area contributed by atoms with Crippen molar-refractivity contribution < 1.29 is 0 Å². The van der Waals surface area contributed by atoms with Crippen LogP contribution >= 0.6 is 11.3 Å². The average Bonchev–Trinajstić information content (AvgIpc) is 2.58. The zero-order valence-corrected chi connectivity index (χ0v) is 9.34. The molecule has 15 heavy (non-hydrogen) atoms. The highest BCUT2D eigenvalue weighted by atomic mass is 32.1. The second kappa shape index (κ2) is 3.90. The van der Waals surface area contributed by atoms with Crippen LogP contribution in [0.4, 0.5) is 10.1 Å². The SMILES string of the molecule is CCc1ccc(-c2nc(N)sc2N)cc1. The van der Waals surface area contributed by atoms with E-state index in [2.05, 4.69) is 24.0 Å². The summed E-state index contributed by atoms with van der Waals surface area (Å²) < 4.78 is 0. The number of nitrogen functional groups attached to an aromatic ring is 2. The van der Waals surface area contributed by atoms with E-state index in [1.165, 1.54) is 16.9 Å². The molecule has 1 aromatic heterocycles. The summed E-state index contributed by atoms with van der Waals surface area (Å²) in [6.07, 6.45) is 1.04. The number of hydrogen-bond donors (Lipinski definition) is 2. The molecular formula is C11H13N3S. The van der Waals surface area contributed by atoms with Gasteiger partial charge in [0.1, 0.15) is 10.7 Å². The van der Waals surface area contributed by atoms with E-state index in [9.17, 15) is 0 Å². The maximum absolute atomic E-state index is 5.82. The van der Waals surface area contributed by atoms with Crippen LogP contribution < -0.4 is 11.5 Å². The Morgan fingerprint density at radius 3 is 2.33 bits per heavy atom. The number of rotatable bonds is 2. The Balaban J connectivity index is 2.41. The highest BCUT2D eigenvalue weighted by Crippen LogP contribution is 2.31. The predicted octanol–water partition coefficient (Wildman–Crippen LogP) is 2.54. The van der Waals surface area contributed by atoms with Gasteiger partial charge in [0.2, 0.25) is 0 Å². The van der Waals surface area contributed by atoms with Crippen LogP contribution in [0, 0.1) is 0 Å². The molecule has 0 atom stereocenters. The highest BCUT2D eigenvalue weighted by Gasteiger charge is 2.08. The molecule has 0 aliphatic rings. The van der Waals surface area contributed by atoms with E-state index < -0.39 is 0 Å². The van der Waals surface area contributed by atoms with Gasteiger partial charge in [-0.3, -0.25) is 0 Å². The molecule has 2 rings (SSSR count). The minimum absolute atomic E-state index is 0.516. The summed E-state index contributed by atoms with van der Waals surface area (Å²) in [4.78, 5) is 4.21. The van der Waals surface area contributed by atoms with Crippen molar-refractivity contribution in [3.63, 3.8) is 0 Å². The van der Waals surface area contributed by atoms with Crippen molar-refractivity contribution in [2.24, 2.45) is 0 Å². The fourth-order valence-electron chi connectivity index (χ4n) is 1.45. The Hall–Kier alpha value is -1.55. The molecule has 0 spiro atoms. The average molecular weight is 219 g/mol. The van der Waals surface area contributed by atoms with E-state index in [4.69, 9.17) is 11.5 Å². The zero-order valence-electron chi connectivity index (χ0n) is 8.53. The van der Waals surface area contributed by atoms with E-state index >= 15 is 0 Å². The van der Waals surface area contributed by atoms with Gasteiger partial charge in [0.05, 0.1) is 0 Å². The van der Waals surface area contributed by atoms with Crippen LogP contribution in [0.1, 0.15) is 12.5 Å². The van der Waals surface area contributed by atoms with Crippen LogP contribution in [-0.2, 0) is 6.42 Å². The largest absolute Gasteiger partial charge is 0.389 e. The lowest BCUT2D eigenvalue weighted by Crippen LogP contribution is -1.87. The van der Waals surface area contributed by atoms with Crippen molar-refractivity contribution in [2.45, 2.75) is 13.3 Å². The third-order valence-electron chi connectivity index (χ3n) is 2.31. The van der Waals surface area contributed by atoms with E-state index in [1.807, 2.05) is 12.1 Å². The van der Waals surface area contributed by atoms with E-state index in [-0.39, 0.29) is 0 Å². The Bertz CT molecular complexity index is 459. The third kappa shape index (κ3) is 1.94. The van der Waals surface area contributed by atoms with Gasteiger partial charge in [-0.2, -0.15) is 0 Å². The molecule has 1 aromatic carbocycles. The number of anilines is 2. The summed E-state index contributed by atoms with van der Waals surface area (Å²) in [6.45, 7) is 2.13. The van der Waals surface area contributed by atoms with Gasteiger partial charge in [0.15, 0.2) is 5.13 Å². The molecule has 0 bridgehead atoms. The summed E-state index contributed by atoms with van der Waals surface area (Å²) in [6, 6.07) is 8.24. The second-order valence-electron chi connectivity index (χ2n) is 3.32. The molecule has 2 aromatic rings. The first-order chi connectivity index (χ1) is 7.20. The van der Waals surface area contributed by atoms with Gasteiger partial charge < -0.3 is 11.5 Å². The fourth-order valence-corrected chi connectivity index (χ4v) is 2.08. The highest BCUT2D eigenvalue weighted by molar-refractivity contribution is 7.19. The molecule has 0 amide bonds. The molecular weight excluding hydrogens is 206 g/mol. The van der Waals surface area contributed by atoms with Gasteiger partial charge in [-0.1, -0.05) is 42.5 Å². The van der Waals surface area contributed by atoms with Gasteiger partial charge in [-0.15, -0.1) is 0 Å². The standard InChI is InChI=1S/C11H13N3S/c1-2-7-3-5-8(6-4-7)9-10(12)15-11(13)14-9/h3-6H,2,12H2,1H3,(H2,13,14). The molecule has 4 heteroatoms. The number of nitrogens with two attached hydrogens (primary N) is 2. The summed E-state index contributed by atoms with van der Waals surface area (Å²) in [5.74, 6) is 0. The summed E-state index contributed by atoms with van der Waals surface area (Å²) >= 11 is 1.32. The van der Waals surface area contributed by atoms with Gasteiger partial charge in [0, 0.05) is 5.56 Å².